The summed E-state index contributed by atoms with van der Waals surface area (Å²) in [5.41, 5.74) is 0.955. The summed E-state index contributed by atoms with van der Waals surface area (Å²) in [6.45, 7) is 5.40. The second-order valence-corrected chi connectivity index (χ2v) is 6.27. The highest BCUT2D eigenvalue weighted by atomic mass is 19.1. The zero-order valence-corrected chi connectivity index (χ0v) is 15.2. The second-order valence-electron chi connectivity index (χ2n) is 6.27. The van der Waals surface area contributed by atoms with E-state index in [0.717, 1.165) is 39.4 Å². The second kappa shape index (κ2) is 9.94. The van der Waals surface area contributed by atoms with Crippen LogP contribution in [0.4, 0.5) is 10.3 Å². The fourth-order valence-corrected chi connectivity index (χ4v) is 2.80. The molecule has 3 rings (SSSR count). The van der Waals surface area contributed by atoms with Gasteiger partial charge in [-0.2, -0.15) is 0 Å². The van der Waals surface area contributed by atoms with Crippen molar-refractivity contribution in [3.8, 4) is 0 Å². The van der Waals surface area contributed by atoms with Gasteiger partial charge in [-0.25, -0.2) is 14.4 Å². The van der Waals surface area contributed by atoms with Crippen molar-refractivity contribution in [2.75, 3.05) is 51.3 Å². The Kier molecular flexibility index (Phi) is 7.06. The molecule has 0 bridgehead atoms. The molecule has 1 saturated heterocycles. The Bertz CT molecular complexity index is 735. The van der Waals surface area contributed by atoms with Gasteiger partial charge >= 0.3 is 0 Å². The fourth-order valence-electron chi connectivity index (χ4n) is 2.80. The monoisotopic (exact) mass is 373 g/mol. The number of hydrogen-bond donors (Lipinski definition) is 2. The Morgan fingerprint density at radius 2 is 1.89 bits per heavy atom. The summed E-state index contributed by atoms with van der Waals surface area (Å²) in [5, 5.41) is 5.91. The molecule has 0 radical (unpaired) electrons. The van der Waals surface area contributed by atoms with Gasteiger partial charge in [0.05, 0.1) is 18.8 Å². The molecule has 2 aromatic rings. The molecule has 144 valence electrons. The Morgan fingerprint density at radius 1 is 1.15 bits per heavy atom. The fraction of sp³-hybridized carbons (Fsp3) is 0.421. The first-order valence-electron chi connectivity index (χ1n) is 9.10. The number of ether oxygens (including phenoxy) is 1. The number of morpholine rings is 1. The molecule has 0 spiro atoms. The van der Waals surface area contributed by atoms with Crippen LogP contribution >= 0.6 is 0 Å². The lowest BCUT2D eigenvalue weighted by Gasteiger charge is -2.26. The molecule has 2 heterocycles. The summed E-state index contributed by atoms with van der Waals surface area (Å²) < 4.78 is 18.9. The van der Waals surface area contributed by atoms with Gasteiger partial charge in [0.15, 0.2) is 0 Å². The normalized spacial score (nSPS) is 14.7. The van der Waals surface area contributed by atoms with E-state index < -0.39 is 0 Å². The third-order valence-electron chi connectivity index (χ3n) is 4.37. The average molecular weight is 373 g/mol. The maximum Gasteiger partial charge on any atom is 0.254 e. The topological polar surface area (TPSA) is 79.4 Å². The molecular weight excluding hydrogens is 349 g/mol. The third-order valence-corrected chi connectivity index (χ3v) is 4.37. The molecule has 0 aliphatic carbocycles. The zero-order valence-electron chi connectivity index (χ0n) is 15.2. The molecule has 2 N–H and O–H groups in total. The molecule has 0 atom stereocenters. The van der Waals surface area contributed by atoms with E-state index in [4.69, 9.17) is 4.74 Å². The Hall–Kier alpha value is -2.58. The number of rotatable bonds is 8. The van der Waals surface area contributed by atoms with E-state index in [2.05, 4.69) is 25.5 Å². The summed E-state index contributed by atoms with van der Waals surface area (Å²) in [5.74, 6) is -0.0417. The van der Waals surface area contributed by atoms with Crippen LogP contribution in [0.5, 0.6) is 0 Å². The molecule has 0 unspecified atom stereocenters. The molecule has 1 aliphatic heterocycles. The number of nitrogens with one attached hydrogen (secondary N) is 2. The van der Waals surface area contributed by atoms with Crippen molar-refractivity contribution < 1.29 is 13.9 Å². The number of anilines is 1. The number of amides is 1. The quantitative estimate of drug-likeness (QED) is 0.727. The number of halogens is 1. The number of hydrogen-bond acceptors (Lipinski definition) is 6. The maximum absolute atomic E-state index is 13.6. The van der Waals surface area contributed by atoms with Gasteiger partial charge in [0.25, 0.3) is 5.91 Å². The number of carbonyl (C=O) groups excluding carboxylic acids is 1. The van der Waals surface area contributed by atoms with Gasteiger partial charge in [-0.1, -0.05) is 18.2 Å². The first-order chi connectivity index (χ1) is 13.2. The molecule has 7 nitrogen and oxygen atoms in total. The largest absolute Gasteiger partial charge is 0.379 e. The SMILES string of the molecule is O=C(NCCc1ccccc1F)c1cnc(NCCN2CCOCC2)nc1. The van der Waals surface area contributed by atoms with Gasteiger partial charge in [-0.3, -0.25) is 9.69 Å². The predicted molar refractivity (Wildman–Crippen MR) is 100 cm³/mol. The molecule has 1 amide bonds. The van der Waals surface area contributed by atoms with Gasteiger partial charge < -0.3 is 15.4 Å². The van der Waals surface area contributed by atoms with Crippen LogP contribution in [0.2, 0.25) is 0 Å². The lowest BCUT2D eigenvalue weighted by Crippen LogP contribution is -2.39. The molecule has 1 fully saturated rings. The van der Waals surface area contributed by atoms with Crippen molar-refractivity contribution in [3.63, 3.8) is 0 Å². The highest BCUT2D eigenvalue weighted by Crippen LogP contribution is 2.06. The molecule has 1 aliphatic rings. The number of carbonyl (C=O) groups is 1. The number of nitrogens with zero attached hydrogens (tertiary/aromatic N) is 3. The van der Waals surface area contributed by atoms with E-state index in [1.807, 2.05) is 0 Å². The van der Waals surface area contributed by atoms with Crippen molar-refractivity contribution in [1.29, 1.82) is 0 Å². The number of aromatic nitrogens is 2. The summed E-state index contributed by atoms with van der Waals surface area (Å²) in [4.78, 5) is 22.8. The van der Waals surface area contributed by atoms with Crippen LogP contribution < -0.4 is 10.6 Å². The minimum absolute atomic E-state index is 0.261. The minimum atomic E-state index is -0.272. The summed E-state index contributed by atoms with van der Waals surface area (Å²) in [6, 6.07) is 6.54. The summed E-state index contributed by atoms with van der Waals surface area (Å²) >= 11 is 0. The van der Waals surface area contributed by atoms with Crippen molar-refractivity contribution in [3.05, 3.63) is 53.6 Å². The van der Waals surface area contributed by atoms with Crippen LogP contribution in [-0.4, -0.2) is 66.7 Å². The van der Waals surface area contributed by atoms with Crippen molar-refractivity contribution in [2.24, 2.45) is 0 Å². The summed E-state index contributed by atoms with van der Waals surface area (Å²) in [6.07, 6.45) is 3.41. The van der Waals surface area contributed by atoms with Crippen molar-refractivity contribution in [2.45, 2.75) is 6.42 Å². The van der Waals surface area contributed by atoms with E-state index in [9.17, 15) is 9.18 Å². The molecule has 27 heavy (non-hydrogen) atoms. The van der Waals surface area contributed by atoms with Crippen molar-refractivity contribution in [1.82, 2.24) is 20.2 Å². The van der Waals surface area contributed by atoms with Crippen molar-refractivity contribution >= 4 is 11.9 Å². The molecule has 0 saturated carbocycles. The van der Waals surface area contributed by atoms with Crippen LogP contribution in [0, 0.1) is 5.82 Å². The first-order valence-corrected chi connectivity index (χ1v) is 9.10. The van der Waals surface area contributed by atoms with Gasteiger partial charge in [0.2, 0.25) is 5.95 Å². The van der Waals surface area contributed by atoms with Crippen LogP contribution in [0.25, 0.3) is 0 Å². The smallest absolute Gasteiger partial charge is 0.254 e. The molecule has 8 heteroatoms. The Morgan fingerprint density at radius 3 is 2.63 bits per heavy atom. The van der Waals surface area contributed by atoms with E-state index >= 15 is 0 Å². The average Bonchev–Trinajstić information content (AvgIpc) is 2.71. The van der Waals surface area contributed by atoms with Gasteiger partial charge in [-0.05, 0) is 18.1 Å². The Labute approximate surface area is 158 Å². The van der Waals surface area contributed by atoms with Crippen LogP contribution in [0.3, 0.4) is 0 Å². The lowest BCUT2D eigenvalue weighted by molar-refractivity contribution is 0.0398. The summed E-state index contributed by atoms with van der Waals surface area (Å²) in [7, 11) is 0. The van der Waals surface area contributed by atoms with E-state index in [-0.39, 0.29) is 11.7 Å². The zero-order chi connectivity index (χ0) is 18.9. The Balaban J connectivity index is 1.39. The molecular formula is C19H24FN5O2. The van der Waals surface area contributed by atoms with Crippen LogP contribution in [0.1, 0.15) is 15.9 Å². The molecule has 1 aromatic carbocycles. The molecule has 1 aromatic heterocycles. The highest BCUT2D eigenvalue weighted by molar-refractivity contribution is 5.93. The third kappa shape index (κ3) is 5.97. The number of benzene rings is 1. The maximum atomic E-state index is 13.6. The highest BCUT2D eigenvalue weighted by Gasteiger charge is 2.10. The van der Waals surface area contributed by atoms with Gasteiger partial charge in [-0.15, -0.1) is 0 Å². The standard InChI is InChI=1S/C19H24FN5O2/c20-17-4-2-1-3-15(17)5-6-21-18(26)16-13-23-19(24-14-16)22-7-8-25-9-11-27-12-10-25/h1-4,13-14H,5-12H2,(H,21,26)(H,22,23,24). The predicted octanol–water partition coefficient (Wildman–Crippen LogP) is 1.33. The van der Waals surface area contributed by atoms with Gasteiger partial charge in [0.1, 0.15) is 5.82 Å². The first kappa shape index (κ1) is 19.2. The van der Waals surface area contributed by atoms with E-state index in [1.165, 1.54) is 18.5 Å². The van der Waals surface area contributed by atoms with Crippen LogP contribution in [-0.2, 0) is 11.2 Å². The van der Waals surface area contributed by atoms with E-state index in [1.54, 1.807) is 18.2 Å². The van der Waals surface area contributed by atoms with E-state index in [0.29, 0.717) is 30.0 Å². The minimum Gasteiger partial charge on any atom is -0.379 e. The lowest BCUT2D eigenvalue weighted by atomic mass is 10.1. The van der Waals surface area contributed by atoms with Gasteiger partial charge in [0, 0.05) is 45.1 Å². The van der Waals surface area contributed by atoms with Crippen LogP contribution in [0.15, 0.2) is 36.7 Å².